The van der Waals surface area contributed by atoms with Gasteiger partial charge in [-0.3, -0.25) is 4.79 Å². The van der Waals surface area contributed by atoms with Gasteiger partial charge in [-0.05, 0) is 42.0 Å². The summed E-state index contributed by atoms with van der Waals surface area (Å²) in [6, 6.07) is 14.6. The molecule has 0 aliphatic heterocycles. The number of rotatable bonds is 8. The van der Waals surface area contributed by atoms with Gasteiger partial charge in [0.2, 0.25) is 5.91 Å². The lowest BCUT2D eigenvalue weighted by molar-refractivity contribution is -0.121. The molecule has 3 nitrogen and oxygen atoms in total. The highest BCUT2D eigenvalue weighted by Crippen LogP contribution is 2.22. The fraction of sp³-hybridized carbons (Fsp3) is 0.381. The molecule has 0 saturated carbocycles. The summed E-state index contributed by atoms with van der Waals surface area (Å²) in [4.78, 5) is 12.1. The molecule has 0 spiro atoms. The third-order valence-corrected chi connectivity index (χ3v) is 4.39. The number of aryl methyl sites for hydroxylation is 3. The standard InChI is InChI=1S/C21H28N2O/c1-4-17-11-8-12-18(5-2)21(17)22-14-13-20(24)23-15-19-10-7-6-9-16(19)3/h6-12,22H,4-5,13-15H2,1-3H3,(H,23,24). The van der Waals surface area contributed by atoms with Gasteiger partial charge < -0.3 is 10.6 Å². The van der Waals surface area contributed by atoms with Crippen LogP contribution in [0.5, 0.6) is 0 Å². The molecule has 2 N–H and O–H groups in total. The Kier molecular flexibility index (Phi) is 6.86. The Hall–Kier alpha value is -2.29. The molecule has 0 radical (unpaired) electrons. The van der Waals surface area contributed by atoms with Crippen LogP contribution in [0.3, 0.4) is 0 Å². The first-order valence-electron chi connectivity index (χ1n) is 8.81. The maximum Gasteiger partial charge on any atom is 0.222 e. The molecular formula is C21H28N2O. The molecule has 0 aliphatic rings. The van der Waals surface area contributed by atoms with Gasteiger partial charge in [0, 0.05) is 25.2 Å². The number of para-hydroxylation sites is 1. The average molecular weight is 324 g/mol. The van der Waals surface area contributed by atoms with Gasteiger partial charge >= 0.3 is 0 Å². The molecule has 0 heterocycles. The van der Waals surface area contributed by atoms with Crippen LogP contribution in [0.25, 0.3) is 0 Å². The van der Waals surface area contributed by atoms with Crippen LogP contribution in [-0.2, 0) is 24.2 Å². The van der Waals surface area contributed by atoms with Crippen LogP contribution in [0, 0.1) is 6.92 Å². The monoisotopic (exact) mass is 324 g/mol. The quantitative estimate of drug-likeness (QED) is 0.762. The summed E-state index contributed by atoms with van der Waals surface area (Å²) in [7, 11) is 0. The minimum atomic E-state index is 0.0813. The summed E-state index contributed by atoms with van der Waals surface area (Å²) < 4.78 is 0. The number of benzene rings is 2. The van der Waals surface area contributed by atoms with E-state index >= 15 is 0 Å². The minimum absolute atomic E-state index is 0.0813. The first-order chi connectivity index (χ1) is 11.7. The van der Waals surface area contributed by atoms with E-state index in [2.05, 4.69) is 61.7 Å². The van der Waals surface area contributed by atoms with Crippen LogP contribution in [0.2, 0.25) is 0 Å². The zero-order valence-corrected chi connectivity index (χ0v) is 15.0. The van der Waals surface area contributed by atoms with Gasteiger partial charge in [-0.2, -0.15) is 0 Å². The van der Waals surface area contributed by atoms with Gasteiger partial charge in [-0.15, -0.1) is 0 Å². The first-order valence-corrected chi connectivity index (χ1v) is 8.81. The summed E-state index contributed by atoms with van der Waals surface area (Å²) in [5.74, 6) is 0.0813. The van der Waals surface area contributed by atoms with Crippen molar-refractivity contribution in [3.8, 4) is 0 Å². The normalized spacial score (nSPS) is 10.5. The molecular weight excluding hydrogens is 296 g/mol. The number of carbonyl (C=O) groups is 1. The van der Waals surface area contributed by atoms with E-state index < -0.39 is 0 Å². The number of nitrogens with one attached hydrogen (secondary N) is 2. The molecule has 2 aromatic rings. The molecule has 2 rings (SSSR count). The second kappa shape index (κ2) is 9.11. The Bertz CT molecular complexity index is 657. The van der Waals surface area contributed by atoms with Crippen LogP contribution in [0.1, 0.15) is 42.5 Å². The van der Waals surface area contributed by atoms with Gasteiger partial charge in [0.25, 0.3) is 0 Å². The summed E-state index contributed by atoms with van der Waals surface area (Å²) in [5.41, 5.74) is 6.21. The SMILES string of the molecule is CCc1cccc(CC)c1NCCC(=O)NCc1ccccc1C. The molecule has 2 aromatic carbocycles. The van der Waals surface area contributed by atoms with E-state index in [1.807, 2.05) is 12.1 Å². The number of amides is 1. The molecule has 0 aliphatic carbocycles. The third-order valence-electron chi connectivity index (χ3n) is 4.39. The topological polar surface area (TPSA) is 41.1 Å². The highest BCUT2D eigenvalue weighted by atomic mass is 16.1. The van der Waals surface area contributed by atoms with Gasteiger partial charge in [-0.25, -0.2) is 0 Å². The summed E-state index contributed by atoms with van der Waals surface area (Å²) in [5, 5.41) is 6.47. The van der Waals surface area contributed by atoms with Crippen LogP contribution >= 0.6 is 0 Å². The molecule has 3 heteroatoms. The predicted molar refractivity (Wildman–Crippen MR) is 101 cm³/mol. The van der Waals surface area contributed by atoms with E-state index in [0.717, 1.165) is 12.8 Å². The Labute approximate surface area is 145 Å². The number of hydrogen-bond acceptors (Lipinski definition) is 2. The largest absolute Gasteiger partial charge is 0.384 e. The first kappa shape index (κ1) is 18.1. The van der Waals surface area contributed by atoms with Gasteiger partial charge in [0.1, 0.15) is 0 Å². The number of hydrogen-bond donors (Lipinski definition) is 2. The van der Waals surface area contributed by atoms with Crippen LogP contribution in [0.15, 0.2) is 42.5 Å². The zero-order chi connectivity index (χ0) is 17.4. The van der Waals surface area contributed by atoms with E-state index in [1.165, 1.54) is 27.9 Å². The van der Waals surface area contributed by atoms with Crippen molar-refractivity contribution in [1.82, 2.24) is 5.32 Å². The molecule has 0 atom stereocenters. The van der Waals surface area contributed by atoms with E-state index in [0.29, 0.717) is 19.5 Å². The number of carbonyl (C=O) groups excluding carboxylic acids is 1. The Morgan fingerprint density at radius 3 is 2.17 bits per heavy atom. The van der Waals surface area contributed by atoms with Gasteiger partial charge in [0.15, 0.2) is 0 Å². The van der Waals surface area contributed by atoms with Crippen molar-refractivity contribution in [3.63, 3.8) is 0 Å². The van der Waals surface area contributed by atoms with Crippen molar-refractivity contribution in [2.45, 2.75) is 46.6 Å². The summed E-state index contributed by atoms with van der Waals surface area (Å²) >= 11 is 0. The van der Waals surface area contributed by atoms with Gasteiger partial charge in [-0.1, -0.05) is 56.3 Å². The molecule has 1 amide bonds. The highest BCUT2D eigenvalue weighted by molar-refractivity contribution is 5.76. The Morgan fingerprint density at radius 1 is 0.917 bits per heavy atom. The van der Waals surface area contributed by atoms with Crippen molar-refractivity contribution < 1.29 is 4.79 Å². The van der Waals surface area contributed by atoms with Crippen molar-refractivity contribution in [2.24, 2.45) is 0 Å². The van der Waals surface area contributed by atoms with Crippen molar-refractivity contribution in [3.05, 3.63) is 64.7 Å². The fourth-order valence-corrected chi connectivity index (χ4v) is 2.86. The molecule has 128 valence electrons. The minimum Gasteiger partial charge on any atom is -0.384 e. The maximum atomic E-state index is 12.1. The lowest BCUT2D eigenvalue weighted by atomic mass is 10.0. The van der Waals surface area contributed by atoms with E-state index in [4.69, 9.17) is 0 Å². The second-order valence-corrected chi connectivity index (χ2v) is 6.04. The second-order valence-electron chi connectivity index (χ2n) is 6.04. The van der Waals surface area contributed by atoms with E-state index in [-0.39, 0.29) is 5.91 Å². The van der Waals surface area contributed by atoms with Gasteiger partial charge in [0.05, 0.1) is 0 Å². The smallest absolute Gasteiger partial charge is 0.222 e. The van der Waals surface area contributed by atoms with Crippen molar-refractivity contribution in [2.75, 3.05) is 11.9 Å². The fourth-order valence-electron chi connectivity index (χ4n) is 2.86. The lowest BCUT2D eigenvalue weighted by Gasteiger charge is -2.15. The maximum absolute atomic E-state index is 12.1. The van der Waals surface area contributed by atoms with Crippen LogP contribution in [0.4, 0.5) is 5.69 Å². The predicted octanol–water partition coefficient (Wildman–Crippen LogP) is 4.24. The van der Waals surface area contributed by atoms with E-state index in [1.54, 1.807) is 0 Å². The lowest BCUT2D eigenvalue weighted by Crippen LogP contribution is -2.25. The highest BCUT2D eigenvalue weighted by Gasteiger charge is 2.07. The molecule has 0 saturated heterocycles. The Balaban J connectivity index is 1.84. The summed E-state index contributed by atoms with van der Waals surface area (Å²) in [6.45, 7) is 7.64. The van der Waals surface area contributed by atoms with E-state index in [9.17, 15) is 4.79 Å². The average Bonchev–Trinajstić information content (AvgIpc) is 2.61. The van der Waals surface area contributed by atoms with Crippen molar-refractivity contribution >= 4 is 11.6 Å². The van der Waals surface area contributed by atoms with Crippen LogP contribution in [-0.4, -0.2) is 12.5 Å². The molecule has 0 bridgehead atoms. The third kappa shape index (κ3) is 4.85. The molecule has 0 aromatic heterocycles. The summed E-state index contributed by atoms with van der Waals surface area (Å²) in [6.07, 6.45) is 2.47. The molecule has 0 fully saturated rings. The zero-order valence-electron chi connectivity index (χ0n) is 15.0. The van der Waals surface area contributed by atoms with Crippen molar-refractivity contribution in [1.29, 1.82) is 0 Å². The Morgan fingerprint density at radius 2 is 1.54 bits per heavy atom. The van der Waals surface area contributed by atoms with Crippen LogP contribution < -0.4 is 10.6 Å². The molecule has 0 unspecified atom stereocenters. The molecule has 24 heavy (non-hydrogen) atoms. The number of anilines is 1.